The minimum atomic E-state index is -2.81. The van der Waals surface area contributed by atoms with Gasteiger partial charge in [-0.15, -0.1) is 0 Å². The van der Waals surface area contributed by atoms with E-state index < -0.39 is 9.84 Å². The van der Waals surface area contributed by atoms with Gasteiger partial charge in [0.15, 0.2) is 15.8 Å². The minimum Gasteiger partial charge on any atom is -0.385 e. The fourth-order valence-corrected chi connectivity index (χ4v) is 4.60. The smallest absolute Gasteiger partial charge is 0.193 e. The lowest BCUT2D eigenvalue weighted by Gasteiger charge is -2.34. The van der Waals surface area contributed by atoms with E-state index in [1.165, 1.54) is 0 Å². The first-order valence-electron chi connectivity index (χ1n) is 9.53. The molecule has 0 atom stereocenters. The number of aliphatic imine (C=N–C) groups is 1. The van der Waals surface area contributed by atoms with E-state index in [2.05, 4.69) is 20.1 Å². The van der Waals surface area contributed by atoms with E-state index in [0.29, 0.717) is 19.2 Å². The Morgan fingerprint density at radius 2 is 1.85 bits per heavy atom. The normalized spacial score (nSPS) is 22.5. The summed E-state index contributed by atoms with van der Waals surface area (Å²) in [7, 11) is 0.714. The van der Waals surface area contributed by atoms with Crippen molar-refractivity contribution in [2.75, 3.05) is 78.1 Å². The van der Waals surface area contributed by atoms with Crippen LogP contribution in [0.25, 0.3) is 0 Å². The van der Waals surface area contributed by atoms with Gasteiger partial charge >= 0.3 is 0 Å². The highest BCUT2D eigenvalue weighted by Gasteiger charge is 2.23. The van der Waals surface area contributed by atoms with Gasteiger partial charge in [-0.3, -0.25) is 9.89 Å². The summed E-state index contributed by atoms with van der Waals surface area (Å²) in [4.78, 5) is 8.86. The SMILES string of the molecule is CN=C(NCCN1CCS(=O)(=O)CC1)N1CCC(OCCCOC)CC1. The second kappa shape index (κ2) is 11.1. The van der Waals surface area contributed by atoms with E-state index in [-0.39, 0.29) is 11.5 Å². The Balaban J connectivity index is 1.62. The van der Waals surface area contributed by atoms with E-state index in [0.717, 1.165) is 64.6 Å². The van der Waals surface area contributed by atoms with Crippen molar-refractivity contribution in [3.8, 4) is 0 Å². The van der Waals surface area contributed by atoms with Crippen LogP contribution in [0, 0.1) is 0 Å². The molecule has 0 unspecified atom stereocenters. The summed E-state index contributed by atoms with van der Waals surface area (Å²) in [5.74, 6) is 1.48. The van der Waals surface area contributed by atoms with Gasteiger partial charge in [0, 0.05) is 66.6 Å². The number of hydrogen-bond acceptors (Lipinski definition) is 6. The molecule has 0 radical (unpaired) electrons. The molecule has 2 aliphatic heterocycles. The Morgan fingerprint density at radius 3 is 2.46 bits per heavy atom. The predicted molar refractivity (Wildman–Crippen MR) is 103 cm³/mol. The van der Waals surface area contributed by atoms with Crippen LogP contribution >= 0.6 is 0 Å². The highest BCUT2D eigenvalue weighted by atomic mass is 32.2. The third kappa shape index (κ3) is 7.38. The van der Waals surface area contributed by atoms with Gasteiger partial charge in [-0.1, -0.05) is 0 Å². The van der Waals surface area contributed by atoms with Crippen LogP contribution in [0.15, 0.2) is 4.99 Å². The van der Waals surface area contributed by atoms with Gasteiger partial charge in [0.05, 0.1) is 17.6 Å². The molecule has 9 heteroatoms. The zero-order valence-electron chi connectivity index (χ0n) is 16.2. The maximum absolute atomic E-state index is 11.5. The third-order valence-electron chi connectivity index (χ3n) is 4.95. The van der Waals surface area contributed by atoms with Crippen molar-refractivity contribution in [3.63, 3.8) is 0 Å². The predicted octanol–water partition coefficient (Wildman–Crippen LogP) is -0.190. The molecule has 0 aromatic carbocycles. The Morgan fingerprint density at radius 1 is 1.15 bits per heavy atom. The summed E-state index contributed by atoms with van der Waals surface area (Å²) in [5.41, 5.74) is 0. The molecule has 0 aromatic rings. The largest absolute Gasteiger partial charge is 0.385 e. The number of rotatable bonds is 8. The summed E-state index contributed by atoms with van der Waals surface area (Å²) < 4.78 is 33.9. The molecule has 0 saturated carbocycles. The Bertz CT molecular complexity index is 519. The van der Waals surface area contributed by atoms with Crippen molar-refractivity contribution in [2.24, 2.45) is 4.99 Å². The molecule has 0 aromatic heterocycles. The van der Waals surface area contributed by atoms with Crippen LogP contribution < -0.4 is 5.32 Å². The number of nitrogens with zero attached hydrogens (tertiary/aromatic N) is 3. The molecule has 2 heterocycles. The molecule has 2 saturated heterocycles. The van der Waals surface area contributed by atoms with Crippen LogP contribution in [0.5, 0.6) is 0 Å². The fourth-order valence-electron chi connectivity index (χ4n) is 3.32. The van der Waals surface area contributed by atoms with Crippen LogP contribution in [0.3, 0.4) is 0 Å². The monoisotopic (exact) mass is 390 g/mol. The third-order valence-corrected chi connectivity index (χ3v) is 6.56. The lowest BCUT2D eigenvalue weighted by molar-refractivity contribution is 0.00990. The van der Waals surface area contributed by atoms with Crippen LogP contribution in [0.2, 0.25) is 0 Å². The molecule has 2 rings (SSSR count). The van der Waals surface area contributed by atoms with Crippen molar-refractivity contribution in [1.29, 1.82) is 0 Å². The average Bonchev–Trinajstić information content (AvgIpc) is 2.64. The number of guanidine groups is 1. The summed E-state index contributed by atoms with van der Waals surface area (Å²) in [5, 5.41) is 3.41. The first-order chi connectivity index (χ1) is 12.5. The molecule has 0 spiro atoms. The molecule has 2 fully saturated rings. The van der Waals surface area contributed by atoms with E-state index in [4.69, 9.17) is 9.47 Å². The standard InChI is InChI=1S/C17H34N4O4S/c1-18-17(19-6-9-20-10-14-26(22,23)15-11-20)21-7-4-16(5-8-21)25-13-3-12-24-2/h16H,3-15H2,1-2H3,(H,18,19). The van der Waals surface area contributed by atoms with E-state index >= 15 is 0 Å². The summed E-state index contributed by atoms with van der Waals surface area (Å²) >= 11 is 0. The summed E-state index contributed by atoms with van der Waals surface area (Å²) in [6.45, 7) is 6.28. The van der Waals surface area contributed by atoms with Gasteiger partial charge in [-0.2, -0.15) is 0 Å². The lowest BCUT2D eigenvalue weighted by Crippen LogP contribution is -2.49. The highest BCUT2D eigenvalue weighted by molar-refractivity contribution is 7.91. The van der Waals surface area contributed by atoms with Crippen LogP contribution in [0.4, 0.5) is 0 Å². The second-order valence-electron chi connectivity index (χ2n) is 6.87. The zero-order chi connectivity index (χ0) is 18.8. The maximum Gasteiger partial charge on any atom is 0.193 e. The van der Waals surface area contributed by atoms with E-state index in [1.54, 1.807) is 7.11 Å². The molecule has 0 aliphatic carbocycles. The molecule has 26 heavy (non-hydrogen) atoms. The van der Waals surface area contributed by atoms with E-state index in [1.807, 2.05) is 7.05 Å². The van der Waals surface area contributed by atoms with Crippen molar-refractivity contribution in [1.82, 2.24) is 15.1 Å². The minimum absolute atomic E-state index is 0.277. The van der Waals surface area contributed by atoms with Crippen molar-refractivity contribution in [2.45, 2.75) is 25.4 Å². The molecule has 1 N–H and O–H groups in total. The van der Waals surface area contributed by atoms with Crippen LogP contribution in [-0.2, 0) is 19.3 Å². The maximum atomic E-state index is 11.5. The van der Waals surface area contributed by atoms with Gasteiger partial charge < -0.3 is 19.7 Å². The lowest BCUT2D eigenvalue weighted by atomic mass is 10.1. The molecule has 8 nitrogen and oxygen atoms in total. The Labute approximate surface area is 157 Å². The van der Waals surface area contributed by atoms with Gasteiger partial charge in [-0.25, -0.2) is 8.42 Å². The molecular weight excluding hydrogens is 356 g/mol. The van der Waals surface area contributed by atoms with Crippen molar-refractivity contribution < 1.29 is 17.9 Å². The molecule has 0 amide bonds. The quantitative estimate of drug-likeness (QED) is 0.349. The Kier molecular flexibility index (Phi) is 9.10. The van der Waals surface area contributed by atoms with Gasteiger partial charge in [0.1, 0.15) is 0 Å². The van der Waals surface area contributed by atoms with Gasteiger partial charge in [0.25, 0.3) is 0 Å². The topological polar surface area (TPSA) is 83.5 Å². The summed E-state index contributed by atoms with van der Waals surface area (Å²) in [6.07, 6.45) is 3.30. The zero-order valence-corrected chi connectivity index (χ0v) is 17.0. The molecular formula is C17H34N4O4S. The van der Waals surface area contributed by atoms with E-state index in [9.17, 15) is 8.42 Å². The van der Waals surface area contributed by atoms with Gasteiger partial charge in [-0.05, 0) is 19.3 Å². The number of nitrogens with one attached hydrogen (secondary N) is 1. The molecule has 0 bridgehead atoms. The second-order valence-corrected chi connectivity index (χ2v) is 9.17. The molecule has 2 aliphatic rings. The van der Waals surface area contributed by atoms with Crippen molar-refractivity contribution >= 4 is 15.8 Å². The number of hydrogen-bond donors (Lipinski definition) is 1. The highest BCUT2D eigenvalue weighted by Crippen LogP contribution is 2.14. The number of sulfone groups is 1. The van der Waals surface area contributed by atoms with Crippen LogP contribution in [-0.4, -0.2) is 108 Å². The number of likely N-dealkylation sites (tertiary alicyclic amines) is 1. The van der Waals surface area contributed by atoms with Gasteiger partial charge in [0.2, 0.25) is 0 Å². The summed E-state index contributed by atoms with van der Waals surface area (Å²) in [6, 6.07) is 0. The van der Waals surface area contributed by atoms with Crippen molar-refractivity contribution in [3.05, 3.63) is 0 Å². The molecule has 152 valence electrons. The van der Waals surface area contributed by atoms with Crippen LogP contribution in [0.1, 0.15) is 19.3 Å². The Hall–Kier alpha value is -0.900. The number of ether oxygens (including phenoxy) is 2. The average molecular weight is 391 g/mol. The number of piperidine rings is 1. The first-order valence-corrected chi connectivity index (χ1v) is 11.3. The number of methoxy groups -OCH3 is 1. The fraction of sp³-hybridized carbons (Fsp3) is 0.941. The first kappa shape index (κ1) is 21.4.